The Bertz CT molecular complexity index is 576. The Morgan fingerprint density at radius 3 is 2.61 bits per heavy atom. The fourth-order valence-electron chi connectivity index (χ4n) is 1.84. The lowest BCUT2D eigenvalue weighted by molar-refractivity contribution is -0.121. The maximum atomic E-state index is 11.7. The summed E-state index contributed by atoms with van der Waals surface area (Å²) in [6.07, 6.45) is 2.59. The quantitative estimate of drug-likeness (QED) is 0.797. The van der Waals surface area contributed by atoms with E-state index in [9.17, 15) is 4.79 Å². The minimum Gasteiger partial charge on any atom is -0.441 e. The van der Waals surface area contributed by atoms with E-state index in [1.165, 1.54) is 0 Å². The zero-order chi connectivity index (χ0) is 15.1. The maximum Gasteiger partial charge on any atom is 0.220 e. The number of amides is 1. The minimum atomic E-state index is 0. The second-order valence-corrected chi connectivity index (χ2v) is 4.98. The van der Waals surface area contributed by atoms with Gasteiger partial charge in [-0.25, -0.2) is 4.98 Å². The Labute approximate surface area is 149 Å². The van der Waals surface area contributed by atoms with Crippen molar-refractivity contribution in [3.05, 3.63) is 42.4 Å². The SMILES string of the molecule is CNC(C)CNC(=O)CCc1ncc(-c2ccccc2)o1.Cl.Cl. The number of likely N-dealkylation sites (N-methyl/N-ethyl adjacent to an activating group) is 1. The summed E-state index contributed by atoms with van der Waals surface area (Å²) >= 11 is 0. The molecule has 0 spiro atoms. The predicted octanol–water partition coefficient (Wildman–Crippen LogP) is 2.84. The normalized spacial score (nSPS) is 11.0. The largest absolute Gasteiger partial charge is 0.441 e. The maximum absolute atomic E-state index is 11.7. The highest BCUT2D eigenvalue weighted by atomic mass is 35.5. The first-order valence-electron chi connectivity index (χ1n) is 7.13. The highest BCUT2D eigenvalue weighted by Gasteiger charge is 2.09. The lowest BCUT2D eigenvalue weighted by atomic mass is 10.2. The molecule has 0 bridgehead atoms. The van der Waals surface area contributed by atoms with Crippen LogP contribution in [0.3, 0.4) is 0 Å². The number of aryl methyl sites for hydroxylation is 1. The van der Waals surface area contributed by atoms with Gasteiger partial charge < -0.3 is 15.1 Å². The molecule has 1 amide bonds. The number of carbonyl (C=O) groups excluding carboxylic acids is 1. The fraction of sp³-hybridized carbons (Fsp3) is 0.375. The molecule has 1 heterocycles. The molecule has 2 aromatic rings. The second-order valence-electron chi connectivity index (χ2n) is 4.98. The standard InChI is InChI=1S/C16H21N3O2.2ClH/c1-12(17-2)10-18-15(20)8-9-16-19-11-14(21-16)13-6-4-3-5-7-13;;/h3-7,11-12,17H,8-10H2,1-2H3,(H,18,20);2*1H. The van der Waals surface area contributed by atoms with Crippen molar-refractivity contribution >= 4 is 30.7 Å². The summed E-state index contributed by atoms with van der Waals surface area (Å²) in [6, 6.07) is 10.1. The highest BCUT2D eigenvalue weighted by molar-refractivity contribution is 5.85. The molecule has 0 aliphatic rings. The average Bonchev–Trinajstić information content (AvgIpc) is 3.00. The van der Waals surface area contributed by atoms with E-state index in [1.54, 1.807) is 6.20 Å². The number of aromatic nitrogens is 1. The van der Waals surface area contributed by atoms with Gasteiger partial charge in [0.25, 0.3) is 0 Å². The number of nitrogens with one attached hydrogen (secondary N) is 2. The van der Waals surface area contributed by atoms with E-state index in [2.05, 4.69) is 15.6 Å². The van der Waals surface area contributed by atoms with Crippen molar-refractivity contribution in [1.82, 2.24) is 15.6 Å². The molecule has 1 unspecified atom stereocenters. The minimum absolute atomic E-state index is 0. The third-order valence-electron chi connectivity index (χ3n) is 3.28. The Kier molecular flexibility index (Phi) is 10.3. The van der Waals surface area contributed by atoms with Crippen molar-refractivity contribution in [3.8, 4) is 11.3 Å². The van der Waals surface area contributed by atoms with Gasteiger partial charge in [0.1, 0.15) is 0 Å². The molecule has 7 heteroatoms. The van der Waals surface area contributed by atoms with E-state index >= 15 is 0 Å². The zero-order valence-electron chi connectivity index (χ0n) is 13.2. The van der Waals surface area contributed by atoms with Gasteiger partial charge in [0.15, 0.2) is 11.7 Å². The van der Waals surface area contributed by atoms with Crippen LogP contribution in [0.4, 0.5) is 0 Å². The van der Waals surface area contributed by atoms with E-state index in [0.717, 1.165) is 11.3 Å². The number of carbonyl (C=O) groups is 1. The van der Waals surface area contributed by atoms with Crippen LogP contribution in [0.1, 0.15) is 19.2 Å². The first-order valence-corrected chi connectivity index (χ1v) is 7.13. The van der Waals surface area contributed by atoms with Gasteiger partial charge in [0, 0.05) is 31.0 Å². The molecule has 23 heavy (non-hydrogen) atoms. The molecular weight excluding hydrogens is 337 g/mol. The molecule has 0 saturated heterocycles. The molecule has 0 radical (unpaired) electrons. The topological polar surface area (TPSA) is 67.2 Å². The molecule has 0 saturated carbocycles. The molecule has 128 valence electrons. The molecule has 2 rings (SSSR count). The lowest BCUT2D eigenvalue weighted by Gasteiger charge is -2.10. The van der Waals surface area contributed by atoms with E-state index in [1.807, 2.05) is 44.3 Å². The molecule has 5 nitrogen and oxygen atoms in total. The van der Waals surface area contributed by atoms with Crippen molar-refractivity contribution < 1.29 is 9.21 Å². The Morgan fingerprint density at radius 1 is 1.26 bits per heavy atom. The van der Waals surface area contributed by atoms with Gasteiger partial charge in [-0.1, -0.05) is 30.3 Å². The van der Waals surface area contributed by atoms with Crippen LogP contribution in [0.15, 0.2) is 40.9 Å². The zero-order valence-corrected chi connectivity index (χ0v) is 14.9. The number of benzene rings is 1. The van der Waals surface area contributed by atoms with Crippen molar-refractivity contribution in [2.45, 2.75) is 25.8 Å². The van der Waals surface area contributed by atoms with Crippen LogP contribution in [0.25, 0.3) is 11.3 Å². The number of halogens is 2. The molecule has 1 aromatic heterocycles. The van der Waals surface area contributed by atoms with E-state index in [4.69, 9.17) is 4.42 Å². The van der Waals surface area contributed by atoms with Crippen LogP contribution in [0, 0.1) is 0 Å². The summed E-state index contributed by atoms with van der Waals surface area (Å²) in [5.74, 6) is 1.33. The molecule has 0 aliphatic heterocycles. The van der Waals surface area contributed by atoms with Crippen LogP contribution in [-0.2, 0) is 11.2 Å². The summed E-state index contributed by atoms with van der Waals surface area (Å²) < 4.78 is 5.66. The van der Waals surface area contributed by atoms with E-state index in [-0.39, 0.29) is 36.8 Å². The summed E-state index contributed by atoms with van der Waals surface area (Å²) in [7, 11) is 1.87. The van der Waals surface area contributed by atoms with Crippen LogP contribution >= 0.6 is 24.8 Å². The third-order valence-corrected chi connectivity index (χ3v) is 3.28. The van der Waals surface area contributed by atoms with Crippen LogP contribution in [0.2, 0.25) is 0 Å². The molecule has 2 N–H and O–H groups in total. The number of hydrogen-bond acceptors (Lipinski definition) is 4. The summed E-state index contributed by atoms with van der Waals surface area (Å²) in [5.41, 5.74) is 0.989. The van der Waals surface area contributed by atoms with Crippen molar-refractivity contribution in [1.29, 1.82) is 0 Å². The molecule has 1 aromatic carbocycles. The Balaban J connectivity index is 0.00000242. The van der Waals surface area contributed by atoms with Gasteiger partial charge in [-0.05, 0) is 14.0 Å². The van der Waals surface area contributed by atoms with Crippen molar-refractivity contribution in [2.75, 3.05) is 13.6 Å². The van der Waals surface area contributed by atoms with Gasteiger partial charge in [-0.2, -0.15) is 0 Å². The lowest BCUT2D eigenvalue weighted by Crippen LogP contribution is -2.37. The summed E-state index contributed by atoms with van der Waals surface area (Å²) in [4.78, 5) is 15.9. The number of hydrogen-bond donors (Lipinski definition) is 2. The van der Waals surface area contributed by atoms with Crippen LogP contribution in [-0.4, -0.2) is 30.5 Å². The molecule has 0 fully saturated rings. The third kappa shape index (κ3) is 7.03. The van der Waals surface area contributed by atoms with Gasteiger partial charge in [-0.3, -0.25) is 4.79 Å². The van der Waals surface area contributed by atoms with Crippen molar-refractivity contribution in [3.63, 3.8) is 0 Å². The van der Waals surface area contributed by atoms with Crippen LogP contribution in [0.5, 0.6) is 0 Å². The van der Waals surface area contributed by atoms with Crippen molar-refractivity contribution in [2.24, 2.45) is 0 Å². The van der Waals surface area contributed by atoms with Gasteiger partial charge in [0.2, 0.25) is 5.91 Å². The summed E-state index contributed by atoms with van der Waals surface area (Å²) in [6.45, 7) is 2.64. The first-order chi connectivity index (χ1) is 10.2. The number of oxazole rings is 1. The van der Waals surface area contributed by atoms with E-state index < -0.39 is 0 Å². The Hall–Kier alpha value is -1.56. The average molecular weight is 360 g/mol. The smallest absolute Gasteiger partial charge is 0.220 e. The van der Waals surface area contributed by atoms with Gasteiger partial charge in [-0.15, -0.1) is 24.8 Å². The highest BCUT2D eigenvalue weighted by Crippen LogP contribution is 2.20. The fourth-order valence-corrected chi connectivity index (χ4v) is 1.84. The predicted molar refractivity (Wildman–Crippen MR) is 96.3 cm³/mol. The molecular formula is C16H23Cl2N3O2. The summed E-state index contributed by atoms with van der Waals surface area (Å²) in [5, 5.41) is 5.94. The van der Waals surface area contributed by atoms with E-state index in [0.29, 0.717) is 25.3 Å². The second kappa shape index (κ2) is 11.0. The Morgan fingerprint density at radius 2 is 1.96 bits per heavy atom. The van der Waals surface area contributed by atoms with Crippen LogP contribution < -0.4 is 10.6 Å². The number of nitrogens with zero attached hydrogens (tertiary/aromatic N) is 1. The molecule has 0 aliphatic carbocycles. The monoisotopic (exact) mass is 359 g/mol. The molecule has 1 atom stereocenters. The van der Waals surface area contributed by atoms with Gasteiger partial charge >= 0.3 is 0 Å². The number of rotatable bonds is 7. The van der Waals surface area contributed by atoms with Gasteiger partial charge in [0.05, 0.1) is 6.20 Å². The first kappa shape index (κ1) is 21.4.